The Morgan fingerprint density at radius 2 is 2.00 bits per heavy atom. The molecule has 1 fully saturated rings. The second-order valence-electron chi connectivity index (χ2n) is 8.37. The van der Waals surface area contributed by atoms with Gasteiger partial charge in [0.2, 0.25) is 5.91 Å². The summed E-state index contributed by atoms with van der Waals surface area (Å²) in [7, 11) is 0. The van der Waals surface area contributed by atoms with Crippen LogP contribution in [-0.4, -0.2) is 52.5 Å². The van der Waals surface area contributed by atoms with Crippen LogP contribution in [0.3, 0.4) is 0 Å². The van der Waals surface area contributed by atoms with Gasteiger partial charge in [0.25, 0.3) is 5.91 Å². The molecule has 2 heterocycles. The molecule has 3 unspecified atom stereocenters. The van der Waals surface area contributed by atoms with Gasteiger partial charge >= 0.3 is 0 Å². The summed E-state index contributed by atoms with van der Waals surface area (Å²) in [5.41, 5.74) is 0.503. The van der Waals surface area contributed by atoms with Crippen molar-refractivity contribution in [2.24, 2.45) is 0 Å². The molecule has 1 aliphatic rings. The first-order valence-electron chi connectivity index (χ1n) is 10.8. The van der Waals surface area contributed by atoms with Crippen LogP contribution in [0.25, 0.3) is 11.3 Å². The molecule has 1 aromatic heterocycles. The van der Waals surface area contributed by atoms with Gasteiger partial charge in [0.05, 0.1) is 18.2 Å². The third-order valence-corrected chi connectivity index (χ3v) is 6.16. The predicted octanol–water partition coefficient (Wildman–Crippen LogP) is 2.42. The van der Waals surface area contributed by atoms with Crippen LogP contribution in [0.2, 0.25) is 0 Å². The molecule has 3 aromatic rings. The fourth-order valence-corrected chi connectivity index (χ4v) is 3.80. The van der Waals surface area contributed by atoms with Crippen molar-refractivity contribution < 1.29 is 28.6 Å². The van der Waals surface area contributed by atoms with E-state index in [1.165, 1.54) is 18.5 Å². The van der Waals surface area contributed by atoms with Crippen LogP contribution in [0, 0.1) is 0 Å². The summed E-state index contributed by atoms with van der Waals surface area (Å²) in [5.74, 6) is -1.33. The van der Waals surface area contributed by atoms with E-state index in [4.69, 9.17) is 9.15 Å². The quantitative estimate of drug-likeness (QED) is 0.490. The second-order valence-corrected chi connectivity index (χ2v) is 8.37. The Labute approximate surface area is 196 Å². The number of aromatic hydroxyl groups is 1. The van der Waals surface area contributed by atoms with Crippen LogP contribution in [0.1, 0.15) is 35.7 Å². The van der Waals surface area contributed by atoms with E-state index in [0.717, 1.165) is 5.56 Å². The number of carbonyl (C=O) groups is 3. The molecule has 9 nitrogen and oxygen atoms in total. The number of nitrogens with zero attached hydrogens (tertiary/aromatic N) is 1. The summed E-state index contributed by atoms with van der Waals surface area (Å²) in [6.45, 7) is 3.23. The van der Waals surface area contributed by atoms with Crippen molar-refractivity contribution in [3.05, 3.63) is 72.2 Å². The van der Waals surface area contributed by atoms with E-state index in [1.54, 1.807) is 56.4 Å². The molecule has 0 bridgehead atoms. The molecule has 0 radical (unpaired) electrons. The van der Waals surface area contributed by atoms with Crippen LogP contribution in [0.5, 0.6) is 5.75 Å². The Bertz CT molecular complexity index is 1190. The van der Waals surface area contributed by atoms with Gasteiger partial charge in [-0.15, -0.1) is 0 Å². The molecule has 0 spiro atoms. The minimum absolute atomic E-state index is 0.00973. The third kappa shape index (κ3) is 4.69. The number of carbonyl (C=O) groups excluding carboxylic acids is 3. The van der Waals surface area contributed by atoms with Crippen molar-refractivity contribution in [2.45, 2.75) is 31.4 Å². The molecule has 1 saturated heterocycles. The maximum Gasteiger partial charge on any atom is 0.251 e. The van der Waals surface area contributed by atoms with Crippen molar-refractivity contribution in [3.8, 4) is 17.1 Å². The molecular formula is C25H25N3O6. The number of phenols is 1. The minimum Gasteiger partial charge on any atom is -0.508 e. The Balaban J connectivity index is 1.50. The van der Waals surface area contributed by atoms with Gasteiger partial charge in [0.15, 0.2) is 17.9 Å². The molecule has 9 heteroatoms. The first-order chi connectivity index (χ1) is 16.3. The van der Waals surface area contributed by atoms with Crippen molar-refractivity contribution in [1.29, 1.82) is 0 Å². The summed E-state index contributed by atoms with van der Waals surface area (Å²) in [6, 6.07) is 13.0. The van der Waals surface area contributed by atoms with Crippen molar-refractivity contribution in [3.63, 3.8) is 0 Å². The van der Waals surface area contributed by atoms with Crippen molar-refractivity contribution >= 4 is 17.6 Å². The molecule has 3 atom stereocenters. The van der Waals surface area contributed by atoms with Crippen LogP contribution in [0.15, 0.2) is 65.5 Å². The number of ketones is 1. The number of Topliss-reactive ketones (excluding diaryl/α,β-unsaturated/α-hetero) is 1. The second kappa shape index (κ2) is 9.48. The van der Waals surface area contributed by atoms with Gasteiger partial charge in [-0.3, -0.25) is 14.4 Å². The summed E-state index contributed by atoms with van der Waals surface area (Å²) in [5, 5.41) is 15.5. The van der Waals surface area contributed by atoms with Gasteiger partial charge in [-0.25, -0.2) is 4.98 Å². The highest BCUT2D eigenvalue weighted by atomic mass is 16.5. The number of ether oxygens (including phenoxy) is 1. The summed E-state index contributed by atoms with van der Waals surface area (Å²) < 4.78 is 10.6. The summed E-state index contributed by atoms with van der Waals surface area (Å²) >= 11 is 0. The van der Waals surface area contributed by atoms with E-state index in [1.807, 2.05) is 0 Å². The number of aromatic nitrogens is 1. The molecule has 2 amide bonds. The Morgan fingerprint density at radius 3 is 2.62 bits per heavy atom. The van der Waals surface area contributed by atoms with Crippen LogP contribution < -0.4 is 10.6 Å². The van der Waals surface area contributed by atoms with Gasteiger partial charge in [0.1, 0.15) is 17.9 Å². The average molecular weight is 463 g/mol. The van der Waals surface area contributed by atoms with E-state index >= 15 is 0 Å². The predicted molar refractivity (Wildman–Crippen MR) is 122 cm³/mol. The molecule has 176 valence electrons. The number of hydrogen-bond acceptors (Lipinski definition) is 7. The van der Waals surface area contributed by atoms with Gasteiger partial charge < -0.3 is 24.9 Å². The number of phenolic OH excluding ortho intramolecular Hbond substituents is 1. The first kappa shape index (κ1) is 23.2. The molecule has 4 rings (SSSR count). The number of benzene rings is 2. The maximum absolute atomic E-state index is 13.3. The van der Waals surface area contributed by atoms with E-state index in [2.05, 4.69) is 15.6 Å². The third-order valence-electron chi connectivity index (χ3n) is 6.16. The molecule has 0 saturated carbocycles. The lowest BCUT2D eigenvalue weighted by molar-refractivity contribution is -0.130. The van der Waals surface area contributed by atoms with Gasteiger partial charge in [0, 0.05) is 17.7 Å². The zero-order valence-electron chi connectivity index (χ0n) is 18.8. The van der Waals surface area contributed by atoms with Crippen LogP contribution in [0.4, 0.5) is 0 Å². The summed E-state index contributed by atoms with van der Waals surface area (Å²) in [6.07, 6.45) is 2.41. The number of hydrogen-bond donors (Lipinski definition) is 3. The largest absolute Gasteiger partial charge is 0.508 e. The Morgan fingerprint density at radius 1 is 1.24 bits per heavy atom. The summed E-state index contributed by atoms with van der Waals surface area (Å²) in [4.78, 5) is 42.3. The zero-order valence-corrected chi connectivity index (χ0v) is 18.8. The standard InChI is InChI=1S/C25H25N3O6/c1-15-25(2,22(30)13-33-15)28-24(32)20(18-4-3-5-19(29)10-18)11-27-23(31)17-8-6-16(7-9-17)21-12-26-14-34-21/h3-10,12,14-15,20,29H,11,13H2,1-2H3,(H,27,31)(H,28,32). The highest BCUT2D eigenvalue weighted by molar-refractivity contribution is 5.98. The van der Waals surface area contributed by atoms with Gasteiger partial charge in [-0.1, -0.05) is 24.3 Å². The smallest absolute Gasteiger partial charge is 0.251 e. The first-order valence-corrected chi connectivity index (χ1v) is 10.8. The molecule has 1 aliphatic heterocycles. The maximum atomic E-state index is 13.3. The zero-order chi connectivity index (χ0) is 24.3. The van der Waals surface area contributed by atoms with Gasteiger partial charge in [-0.05, 0) is 43.7 Å². The lowest BCUT2D eigenvalue weighted by atomic mass is 9.90. The average Bonchev–Trinajstić information content (AvgIpc) is 3.44. The SMILES string of the molecule is CC1OCC(=O)C1(C)NC(=O)C(CNC(=O)c1ccc(-c2cnco2)cc1)c1cccc(O)c1. The normalized spacial score (nSPS) is 20.6. The lowest BCUT2D eigenvalue weighted by Crippen LogP contribution is -2.57. The molecule has 2 aromatic carbocycles. The number of rotatable bonds is 7. The van der Waals surface area contributed by atoms with Gasteiger partial charge in [-0.2, -0.15) is 0 Å². The Hall–Kier alpha value is -3.98. The fraction of sp³-hybridized carbons (Fsp3) is 0.280. The molecule has 0 aliphatic carbocycles. The lowest BCUT2D eigenvalue weighted by Gasteiger charge is -2.29. The van der Waals surface area contributed by atoms with E-state index in [-0.39, 0.29) is 30.6 Å². The van der Waals surface area contributed by atoms with E-state index in [0.29, 0.717) is 16.9 Å². The molecule has 34 heavy (non-hydrogen) atoms. The van der Waals surface area contributed by atoms with Crippen LogP contribution >= 0.6 is 0 Å². The fourth-order valence-electron chi connectivity index (χ4n) is 3.80. The number of oxazole rings is 1. The number of amides is 2. The van der Waals surface area contributed by atoms with Crippen molar-refractivity contribution in [1.82, 2.24) is 15.6 Å². The number of nitrogens with one attached hydrogen (secondary N) is 2. The molecule has 3 N–H and O–H groups in total. The molecular weight excluding hydrogens is 438 g/mol. The highest BCUT2D eigenvalue weighted by Gasteiger charge is 2.47. The minimum atomic E-state index is -1.17. The van der Waals surface area contributed by atoms with E-state index in [9.17, 15) is 19.5 Å². The van der Waals surface area contributed by atoms with Crippen LogP contribution in [-0.2, 0) is 14.3 Å². The van der Waals surface area contributed by atoms with Crippen molar-refractivity contribution in [2.75, 3.05) is 13.2 Å². The monoisotopic (exact) mass is 463 g/mol. The highest BCUT2D eigenvalue weighted by Crippen LogP contribution is 2.26. The van der Waals surface area contributed by atoms with E-state index < -0.39 is 23.5 Å². The topological polar surface area (TPSA) is 131 Å². The Kier molecular flexibility index (Phi) is 6.47.